The molecule has 1 amide bonds. The lowest BCUT2D eigenvalue weighted by atomic mass is 10.2. The number of carbonyl (C=O) groups excluding carboxylic acids is 1. The van der Waals surface area contributed by atoms with Crippen LogP contribution >= 0.6 is 0 Å². The van der Waals surface area contributed by atoms with Gasteiger partial charge in [-0.15, -0.1) is 0 Å². The summed E-state index contributed by atoms with van der Waals surface area (Å²) in [6, 6.07) is 13.3. The van der Waals surface area contributed by atoms with Crippen LogP contribution in [0.15, 0.2) is 54.9 Å². The molecule has 6 nitrogen and oxygen atoms in total. The Labute approximate surface area is 152 Å². The van der Waals surface area contributed by atoms with Gasteiger partial charge in [0.15, 0.2) is 12.4 Å². The summed E-state index contributed by atoms with van der Waals surface area (Å²) >= 11 is 0. The Kier molecular flexibility index (Phi) is 5.22. The fourth-order valence-electron chi connectivity index (χ4n) is 2.38. The average molecular weight is 348 g/mol. The quantitative estimate of drug-likeness (QED) is 0.708. The van der Waals surface area contributed by atoms with Gasteiger partial charge in [-0.3, -0.25) is 9.78 Å². The molecule has 0 saturated heterocycles. The highest BCUT2D eigenvalue weighted by Crippen LogP contribution is 2.23. The molecule has 3 rings (SSSR count). The first-order chi connectivity index (χ1) is 12.6. The smallest absolute Gasteiger partial charge is 0.264 e. The van der Waals surface area contributed by atoms with Crippen molar-refractivity contribution < 1.29 is 9.53 Å². The van der Waals surface area contributed by atoms with E-state index in [1.54, 1.807) is 25.5 Å². The summed E-state index contributed by atoms with van der Waals surface area (Å²) in [4.78, 5) is 26.9. The summed E-state index contributed by atoms with van der Waals surface area (Å²) in [5, 5.41) is 0. The normalized spacial score (nSPS) is 10.4. The molecule has 0 aliphatic carbocycles. The van der Waals surface area contributed by atoms with Crippen molar-refractivity contribution in [2.75, 3.05) is 18.6 Å². The summed E-state index contributed by atoms with van der Waals surface area (Å²) in [5.41, 5.74) is 3.25. The first-order valence-electron chi connectivity index (χ1n) is 8.26. The highest BCUT2D eigenvalue weighted by molar-refractivity contribution is 5.93. The molecule has 0 atom stereocenters. The van der Waals surface area contributed by atoms with Crippen LogP contribution in [-0.4, -0.2) is 34.5 Å². The Morgan fingerprint density at radius 3 is 2.54 bits per heavy atom. The maximum Gasteiger partial charge on any atom is 0.264 e. The standard InChI is InChI=1S/C20H20N4O2/c1-14-15(2)22-19(16-8-5-4-6-9-16)23-20(14)26-13-18(25)24(3)17-10-7-11-21-12-17/h4-12H,13H2,1-3H3. The van der Waals surface area contributed by atoms with Gasteiger partial charge in [0.1, 0.15) is 0 Å². The number of ether oxygens (including phenoxy) is 1. The third-order valence-electron chi connectivity index (χ3n) is 4.12. The molecule has 2 heterocycles. The van der Waals surface area contributed by atoms with E-state index in [0.717, 1.165) is 16.8 Å². The number of pyridine rings is 1. The Morgan fingerprint density at radius 1 is 1.08 bits per heavy atom. The van der Waals surface area contributed by atoms with E-state index in [0.29, 0.717) is 17.4 Å². The zero-order chi connectivity index (χ0) is 18.5. The van der Waals surface area contributed by atoms with Gasteiger partial charge in [-0.1, -0.05) is 30.3 Å². The van der Waals surface area contributed by atoms with Gasteiger partial charge >= 0.3 is 0 Å². The number of carbonyl (C=O) groups is 1. The van der Waals surface area contributed by atoms with Crippen molar-refractivity contribution in [3.8, 4) is 17.3 Å². The van der Waals surface area contributed by atoms with E-state index in [4.69, 9.17) is 4.74 Å². The molecule has 0 aliphatic heterocycles. The first kappa shape index (κ1) is 17.5. The van der Waals surface area contributed by atoms with Crippen molar-refractivity contribution >= 4 is 11.6 Å². The van der Waals surface area contributed by atoms with E-state index >= 15 is 0 Å². The molecule has 0 spiro atoms. The van der Waals surface area contributed by atoms with Crippen LogP contribution in [0, 0.1) is 13.8 Å². The Hall–Kier alpha value is -3.28. The SMILES string of the molecule is Cc1nc(-c2ccccc2)nc(OCC(=O)N(C)c2cccnc2)c1C. The van der Waals surface area contributed by atoms with Gasteiger partial charge in [0.05, 0.1) is 11.9 Å². The highest BCUT2D eigenvalue weighted by atomic mass is 16.5. The van der Waals surface area contributed by atoms with E-state index in [1.807, 2.05) is 50.2 Å². The second-order valence-corrected chi connectivity index (χ2v) is 5.88. The third-order valence-corrected chi connectivity index (χ3v) is 4.12. The number of anilines is 1. The maximum absolute atomic E-state index is 12.4. The fraction of sp³-hybridized carbons (Fsp3) is 0.200. The summed E-state index contributed by atoms with van der Waals surface area (Å²) < 4.78 is 5.72. The average Bonchev–Trinajstić information content (AvgIpc) is 2.69. The van der Waals surface area contributed by atoms with Gasteiger partial charge in [-0.2, -0.15) is 4.98 Å². The molecule has 0 aliphatic rings. The molecule has 0 unspecified atom stereocenters. The van der Waals surface area contributed by atoms with Crippen LogP contribution in [0.2, 0.25) is 0 Å². The Balaban J connectivity index is 1.77. The minimum absolute atomic E-state index is 0.114. The zero-order valence-electron chi connectivity index (χ0n) is 15.0. The predicted molar refractivity (Wildman–Crippen MR) is 100 cm³/mol. The molecule has 3 aromatic rings. The number of amides is 1. The van der Waals surface area contributed by atoms with Gasteiger partial charge in [-0.25, -0.2) is 4.98 Å². The molecule has 0 bridgehead atoms. The van der Waals surface area contributed by atoms with E-state index in [2.05, 4.69) is 15.0 Å². The van der Waals surface area contributed by atoms with Crippen LogP contribution < -0.4 is 9.64 Å². The van der Waals surface area contributed by atoms with Gasteiger partial charge in [0.2, 0.25) is 5.88 Å². The number of aromatic nitrogens is 3. The van der Waals surface area contributed by atoms with E-state index in [9.17, 15) is 4.79 Å². The number of benzene rings is 1. The zero-order valence-corrected chi connectivity index (χ0v) is 15.0. The molecule has 2 aromatic heterocycles. The maximum atomic E-state index is 12.4. The molecule has 0 N–H and O–H groups in total. The van der Waals surface area contributed by atoms with E-state index in [1.165, 1.54) is 4.90 Å². The van der Waals surface area contributed by atoms with Crippen LogP contribution in [0.1, 0.15) is 11.3 Å². The lowest BCUT2D eigenvalue weighted by molar-refractivity contribution is -0.120. The summed E-state index contributed by atoms with van der Waals surface area (Å²) in [5.74, 6) is 0.816. The summed E-state index contributed by atoms with van der Waals surface area (Å²) in [6.45, 7) is 3.67. The van der Waals surface area contributed by atoms with Crippen molar-refractivity contribution in [2.24, 2.45) is 0 Å². The predicted octanol–water partition coefficient (Wildman–Crippen LogP) is 3.20. The van der Waals surface area contributed by atoms with Gasteiger partial charge in [0, 0.05) is 30.1 Å². The minimum Gasteiger partial charge on any atom is -0.467 e. The van der Waals surface area contributed by atoms with Crippen molar-refractivity contribution in [3.05, 3.63) is 66.1 Å². The van der Waals surface area contributed by atoms with Crippen molar-refractivity contribution in [3.63, 3.8) is 0 Å². The van der Waals surface area contributed by atoms with Crippen molar-refractivity contribution in [2.45, 2.75) is 13.8 Å². The molecular formula is C20H20N4O2. The van der Waals surface area contributed by atoms with Gasteiger partial charge in [0.25, 0.3) is 5.91 Å². The van der Waals surface area contributed by atoms with Crippen LogP contribution in [-0.2, 0) is 4.79 Å². The van der Waals surface area contributed by atoms with Crippen LogP contribution in [0.5, 0.6) is 5.88 Å². The molecule has 132 valence electrons. The molecule has 0 saturated carbocycles. The molecule has 0 fully saturated rings. The van der Waals surface area contributed by atoms with Crippen molar-refractivity contribution in [1.82, 2.24) is 15.0 Å². The van der Waals surface area contributed by atoms with Crippen LogP contribution in [0.4, 0.5) is 5.69 Å². The van der Waals surface area contributed by atoms with Crippen molar-refractivity contribution in [1.29, 1.82) is 0 Å². The van der Waals surface area contributed by atoms with E-state index in [-0.39, 0.29) is 12.5 Å². The summed E-state index contributed by atoms with van der Waals surface area (Å²) in [7, 11) is 1.69. The monoisotopic (exact) mass is 348 g/mol. The number of rotatable bonds is 5. The minimum atomic E-state index is -0.185. The summed E-state index contributed by atoms with van der Waals surface area (Å²) in [6.07, 6.45) is 3.29. The van der Waals surface area contributed by atoms with E-state index < -0.39 is 0 Å². The fourth-order valence-corrected chi connectivity index (χ4v) is 2.38. The third kappa shape index (κ3) is 3.85. The molecule has 6 heteroatoms. The molecular weight excluding hydrogens is 328 g/mol. The first-order valence-corrected chi connectivity index (χ1v) is 8.26. The Morgan fingerprint density at radius 2 is 1.85 bits per heavy atom. The second-order valence-electron chi connectivity index (χ2n) is 5.88. The second kappa shape index (κ2) is 7.74. The largest absolute Gasteiger partial charge is 0.467 e. The lowest BCUT2D eigenvalue weighted by Crippen LogP contribution is -2.31. The van der Waals surface area contributed by atoms with Gasteiger partial charge in [-0.05, 0) is 26.0 Å². The Bertz CT molecular complexity index is 898. The number of aryl methyl sites for hydroxylation is 1. The topological polar surface area (TPSA) is 68.2 Å². The lowest BCUT2D eigenvalue weighted by Gasteiger charge is -2.17. The molecule has 1 aromatic carbocycles. The number of hydrogen-bond acceptors (Lipinski definition) is 5. The molecule has 0 radical (unpaired) electrons. The number of hydrogen-bond donors (Lipinski definition) is 0. The number of nitrogens with zero attached hydrogens (tertiary/aromatic N) is 4. The van der Waals surface area contributed by atoms with Crippen LogP contribution in [0.3, 0.4) is 0 Å². The highest BCUT2D eigenvalue weighted by Gasteiger charge is 2.15. The van der Waals surface area contributed by atoms with Crippen LogP contribution in [0.25, 0.3) is 11.4 Å². The van der Waals surface area contributed by atoms with Gasteiger partial charge < -0.3 is 9.64 Å². The molecule has 26 heavy (non-hydrogen) atoms. The number of likely N-dealkylation sites (N-methyl/N-ethyl adjacent to an activating group) is 1.